The molecule has 2 aliphatic rings. The molecular weight excluding hydrogens is 276 g/mol. The van der Waals surface area contributed by atoms with E-state index in [0.29, 0.717) is 18.5 Å². The predicted octanol–water partition coefficient (Wildman–Crippen LogP) is 1.99. The van der Waals surface area contributed by atoms with Crippen LogP contribution in [0.4, 0.5) is 0 Å². The minimum atomic E-state index is 0.0398. The third kappa shape index (κ3) is 4.37. The van der Waals surface area contributed by atoms with Crippen molar-refractivity contribution >= 4 is 11.9 Å². The molecule has 1 aliphatic heterocycles. The minimum absolute atomic E-state index is 0.0398. The van der Waals surface area contributed by atoms with Crippen molar-refractivity contribution in [3.05, 3.63) is 0 Å². The molecule has 1 aliphatic carbocycles. The molecule has 0 aromatic rings. The highest BCUT2D eigenvalue weighted by Crippen LogP contribution is 2.45. The molecule has 126 valence electrons. The van der Waals surface area contributed by atoms with Gasteiger partial charge >= 0.3 is 0 Å². The van der Waals surface area contributed by atoms with Crippen LogP contribution in [0.25, 0.3) is 0 Å². The Morgan fingerprint density at radius 1 is 1.23 bits per heavy atom. The molecule has 1 amide bonds. The summed E-state index contributed by atoms with van der Waals surface area (Å²) in [6.07, 6.45) is 6.85. The van der Waals surface area contributed by atoms with Gasteiger partial charge in [-0.3, -0.25) is 9.79 Å². The number of nitrogens with one attached hydrogen (secondary N) is 2. The molecule has 5 heteroatoms. The SMILES string of the molecule is CCNC(=NCCNC(=O)C(C)C)N1CCC2(CCCC2)C1. The summed E-state index contributed by atoms with van der Waals surface area (Å²) in [6.45, 7) is 10.3. The van der Waals surface area contributed by atoms with Gasteiger partial charge in [-0.2, -0.15) is 0 Å². The van der Waals surface area contributed by atoms with Gasteiger partial charge in [-0.25, -0.2) is 0 Å². The van der Waals surface area contributed by atoms with Crippen molar-refractivity contribution in [1.82, 2.24) is 15.5 Å². The van der Waals surface area contributed by atoms with Gasteiger partial charge in [0.2, 0.25) is 5.91 Å². The smallest absolute Gasteiger partial charge is 0.222 e. The Labute approximate surface area is 134 Å². The number of hydrogen-bond acceptors (Lipinski definition) is 2. The van der Waals surface area contributed by atoms with Crippen LogP contribution in [0.3, 0.4) is 0 Å². The van der Waals surface area contributed by atoms with E-state index in [-0.39, 0.29) is 11.8 Å². The van der Waals surface area contributed by atoms with E-state index in [1.165, 1.54) is 32.1 Å². The van der Waals surface area contributed by atoms with Crippen LogP contribution >= 0.6 is 0 Å². The predicted molar refractivity (Wildman–Crippen MR) is 90.9 cm³/mol. The summed E-state index contributed by atoms with van der Waals surface area (Å²) in [7, 11) is 0. The number of carbonyl (C=O) groups excluding carboxylic acids is 1. The van der Waals surface area contributed by atoms with Gasteiger partial charge in [-0.05, 0) is 31.6 Å². The highest BCUT2D eigenvalue weighted by molar-refractivity contribution is 5.80. The van der Waals surface area contributed by atoms with Crippen LogP contribution in [-0.4, -0.2) is 49.5 Å². The number of aliphatic imine (C=N–C) groups is 1. The molecule has 1 saturated carbocycles. The second kappa shape index (κ2) is 7.84. The van der Waals surface area contributed by atoms with Crippen molar-refractivity contribution in [3.63, 3.8) is 0 Å². The van der Waals surface area contributed by atoms with Crippen molar-refractivity contribution < 1.29 is 4.79 Å². The first-order valence-electron chi connectivity index (χ1n) is 8.87. The van der Waals surface area contributed by atoms with Crippen molar-refractivity contribution in [1.29, 1.82) is 0 Å². The Bertz CT molecular complexity index is 399. The summed E-state index contributed by atoms with van der Waals surface area (Å²) in [6, 6.07) is 0. The van der Waals surface area contributed by atoms with Gasteiger partial charge in [0.25, 0.3) is 0 Å². The van der Waals surface area contributed by atoms with E-state index in [9.17, 15) is 4.79 Å². The van der Waals surface area contributed by atoms with E-state index in [0.717, 1.165) is 25.6 Å². The zero-order valence-electron chi connectivity index (χ0n) is 14.5. The number of likely N-dealkylation sites (tertiary alicyclic amines) is 1. The third-order valence-corrected chi connectivity index (χ3v) is 4.93. The van der Waals surface area contributed by atoms with Gasteiger partial charge in [-0.1, -0.05) is 26.7 Å². The standard InChI is InChI=1S/C17H32N4O/c1-4-18-16(20-11-10-19-15(22)14(2)3)21-12-9-17(13-21)7-5-6-8-17/h14H,4-13H2,1-3H3,(H,18,20)(H,19,22). The van der Waals surface area contributed by atoms with Crippen LogP contribution in [0.1, 0.15) is 52.9 Å². The zero-order valence-corrected chi connectivity index (χ0v) is 14.5. The molecule has 0 radical (unpaired) electrons. The average molecular weight is 308 g/mol. The van der Waals surface area contributed by atoms with E-state index in [1.807, 2.05) is 13.8 Å². The number of nitrogens with zero attached hydrogens (tertiary/aromatic N) is 2. The monoisotopic (exact) mass is 308 g/mol. The van der Waals surface area contributed by atoms with Crippen molar-refractivity contribution in [2.45, 2.75) is 52.9 Å². The Kier molecular flexibility index (Phi) is 6.09. The molecule has 0 aromatic heterocycles. The lowest BCUT2D eigenvalue weighted by Gasteiger charge is -2.26. The van der Waals surface area contributed by atoms with Gasteiger partial charge < -0.3 is 15.5 Å². The first kappa shape index (κ1) is 17.1. The highest BCUT2D eigenvalue weighted by atomic mass is 16.1. The second-order valence-corrected chi connectivity index (χ2v) is 7.06. The maximum atomic E-state index is 11.6. The molecule has 0 unspecified atom stereocenters. The zero-order chi connectivity index (χ0) is 16.0. The lowest BCUT2D eigenvalue weighted by atomic mass is 9.86. The van der Waals surface area contributed by atoms with Gasteiger partial charge in [0, 0.05) is 32.1 Å². The lowest BCUT2D eigenvalue weighted by Crippen LogP contribution is -2.41. The van der Waals surface area contributed by atoms with Gasteiger partial charge in [0.05, 0.1) is 6.54 Å². The molecule has 2 fully saturated rings. The molecule has 2 N–H and O–H groups in total. The maximum Gasteiger partial charge on any atom is 0.222 e. The summed E-state index contributed by atoms with van der Waals surface area (Å²) in [5, 5.41) is 6.33. The summed E-state index contributed by atoms with van der Waals surface area (Å²) < 4.78 is 0. The number of guanidine groups is 1. The molecule has 1 heterocycles. The van der Waals surface area contributed by atoms with Crippen LogP contribution < -0.4 is 10.6 Å². The Morgan fingerprint density at radius 2 is 1.95 bits per heavy atom. The minimum Gasteiger partial charge on any atom is -0.357 e. The van der Waals surface area contributed by atoms with Crippen molar-refractivity contribution in [3.8, 4) is 0 Å². The molecule has 5 nitrogen and oxygen atoms in total. The number of hydrogen-bond donors (Lipinski definition) is 2. The fraction of sp³-hybridized carbons (Fsp3) is 0.882. The molecule has 1 saturated heterocycles. The van der Waals surface area contributed by atoms with E-state index >= 15 is 0 Å². The highest BCUT2D eigenvalue weighted by Gasteiger charge is 2.41. The largest absolute Gasteiger partial charge is 0.357 e. The number of carbonyl (C=O) groups is 1. The molecular formula is C17H32N4O. The van der Waals surface area contributed by atoms with Crippen LogP contribution in [0.15, 0.2) is 4.99 Å². The van der Waals surface area contributed by atoms with Gasteiger partial charge in [0.1, 0.15) is 0 Å². The average Bonchev–Trinajstić information content (AvgIpc) is 3.12. The van der Waals surface area contributed by atoms with E-state index in [1.54, 1.807) is 0 Å². The third-order valence-electron chi connectivity index (χ3n) is 4.93. The van der Waals surface area contributed by atoms with Crippen LogP contribution in [0.2, 0.25) is 0 Å². The summed E-state index contributed by atoms with van der Waals surface area (Å²) in [5.41, 5.74) is 0.558. The Hall–Kier alpha value is -1.26. The molecule has 0 bridgehead atoms. The normalized spacial score (nSPS) is 20.9. The van der Waals surface area contributed by atoms with Crippen LogP contribution in [0.5, 0.6) is 0 Å². The molecule has 0 atom stereocenters. The quantitative estimate of drug-likeness (QED) is 0.464. The molecule has 2 rings (SSSR count). The second-order valence-electron chi connectivity index (χ2n) is 7.06. The molecule has 0 aromatic carbocycles. The van der Waals surface area contributed by atoms with E-state index in [2.05, 4.69) is 22.5 Å². The lowest BCUT2D eigenvalue weighted by molar-refractivity contribution is -0.123. The van der Waals surface area contributed by atoms with E-state index in [4.69, 9.17) is 4.99 Å². The van der Waals surface area contributed by atoms with Crippen LogP contribution in [0, 0.1) is 11.3 Å². The fourth-order valence-corrected chi connectivity index (χ4v) is 3.62. The summed E-state index contributed by atoms with van der Waals surface area (Å²) >= 11 is 0. The molecule has 1 spiro atoms. The summed E-state index contributed by atoms with van der Waals surface area (Å²) in [5.74, 6) is 1.16. The first-order valence-corrected chi connectivity index (χ1v) is 8.87. The fourth-order valence-electron chi connectivity index (χ4n) is 3.62. The first-order chi connectivity index (χ1) is 10.6. The summed E-state index contributed by atoms with van der Waals surface area (Å²) in [4.78, 5) is 18.7. The number of amides is 1. The van der Waals surface area contributed by atoms with Crippen molar-refractivity contribution in [2.24, 2.45) is 16.3 Å². The van der Waals surface area contributed by atoms with E-state index < -0.39 is 0 Å². The van der Waals surface area contributed by atoms with Gasteiger partial charge in [-0.15, -0.1) is 0 Å². The van der Waals surface area contributed by atoms with Crippen molar-refractivity contribution in [2.75, 3.05) is 32.7 Å². The Morgan fingerprint density at radius 3 is 2.59 bits per heavy atom. The maximum absolute atomic E-state index is 11.6. The number of rotatable bonds is 5. The molecule has 22 heavy (non-hydrogen) atoms. The Balaban J connectivity index is 1.84. The van der Waals surface area contributed by atoms with Gasteiger partial charge in [0.15, 0.2) is 5.96 Å². The topological polar surface area (TPSA) is 56.7 Å². The van der Waals surface area contributed by atoms with Crippen LogP contribution in [-0.2, 0) is 4.79 Å².